The standard InChI is InChI=1S/C22H23ClN2O5S3/c1-14-4-8-19(9-5-14)33(28,29)22-24-20(32(26,27)18-10-6-17(23)7-11-18)21(31-22)25-12-15(2)30-16(3)13-25/h4-11,15-16H,12-13H2,1-3H3/t15-,16+. The predicted octanol–water partition coefficient (Wildman–Crippen LogP) is 4.38. The highest BCUT2D eigenvalue weighted by molar-refractivity contribution is 7.94. The fourth-order valence-corrected chi connectivity index (χ4v) is 8.23. The maximum atomic E-state index is 13.5. The minimum atomic E-state index is -4.11. The number of morpholine rings is 1. The zero-order chi connectivity index (χ0) is 24.0. The first-order chi connectivity index (χ1) is 15.5. The summed E-state index contributed by atoms with van der Waals surface area (Å²) in [5.74, 6) is 0. The molecule has 0 spiro atoms. The van der Waals surface area contributed by atoms with E-state index in [2.05, 4.69) is 4.98 Å². The van der Waals surface area contributed by atoms with Crippen molar-refractivity contribution < 1.29 is 21.6 Å². The maximum absolute atomic E-state index is 13.5. The molecule has 0 bridgehead atoms. The zero-order valence-electron chi connectivity index (χ0n) is 18.2. The van der Waals surface area contributed by atoms with Crippen LogP contribution in [0.5, 0.6) is 0 Å². The first-order valence-electron chi connectivity index (χ1n) is 10.2. The monoisotopic (exact) mass is 526 g/mol. The van der Waals surface area contributed by atoms with Gasteiger partial charge in [-0.05, 0) is 57.2 Å². The minimum Gasteiger partial charge on any atom is -0.372 e. The van der Waals surface area contributed by atoms with Crippen LogP contribution in [0.15, 0.2) is 67.7 Å². The van der Waals surface area contributed by atoms with Gasteiger partial charge in [0.05, 0.1) is 22.0 Å². The van der Waals surface area contributed by atoms with Crippen LogP contribution in [0, 0.1) is 6.92 Å². The summed E-state index contributed by atoms with van der Waals surface area (Å²) < 4.78 is 59.2. The van der Waals surface area contributed by atoms with Crippen molar-refractivity contribution in [2.45, 2.75) is 52.1 Å². The Balaban J connectivity index is 1.88. The molecule has 1 aliphatic heterocycles. The number of nitrogens with zero attached hydrogens (tertiary/aromatic N) is 2. The van der Waals surface area contributed by atoms with E-state index in [0.717, 1.165) is 16.9 Å². The Hall–Kier alpha value is -1.98. The van der Waals surface area contributed by atoms with Crippen LogP contribution in [-0.4, -0.2) is 47.1 Å². The van der Waals surface area contributed by atoms with E-state index in [1.807, 2.05) is 25.7 Å². The smallest absolute Gasteiger partial charge is 0.233 e. The number of halogens is 1. The van der Waals surface area contributed by atoms with Crippen LogP contribution >= 0.6 is 22.9 Å². The van der Waals surface area contributed by atoms with E-state index in [9.17, 15) is 16.8 Å². The maximum Gasteiger partial charge on any atom is 0.233 e. The third-order valence-corrected chi connectivity index (χ3v) is 10.5. The van der Waals surface area contributed by atoms with Gasteiger partial charge in [-0.25, -0.2) is 21.8 Å². The van der Waals surface area contributed by atoms with Gasteiger partial charge in [-0.1, -0.05) is 40.6 Å². The van der Waals surface area contributed by atoms with E-state index >= 15 is 0 Å². The fraction of sp³-hybridized carbons (Fsp3) is 0.318. The van der Waals surface area contributed by atoms with E-state index < -0.39 is 19.7 Å². The second kappa shape index (κ2) is 8.99. The average Bonchev–Trinajstić information content (AvgIpc) is 3.21. The Labute approximate surface area is 202 Å². The van der Waals surface area contributed by atoms with Crippen molar-refractivity contribution in [2.24, 2.45) is 0 Å². The first kappa shape index (κ1) is 24.2. The third-order valence-electron chi connectivity index (χ3n) is 5.21. The second-order valence-corrected chi connectivity index (χ2v) is 13.4. The molecule has 7 nitrogen and oxygen atoms in total. The first-order valence-corrected chi connectivity index (χ1v) is 14.4. The van der Waals surface area contributed by atoms with Gasteiger partial charge in [0.2, 0.25) is 24.0 Å². The molecule has 0 radical (unpaired) electrons. The molecule has 0 amide bonds. The van der Waals surface area contributed by atoms with Crippen molar-refractivity contribution in [1.82, 2.24) is 4.98 Å². The summed E-state index contributed by atoms with van der Waals surface area (Å²) in [5.41, 5.74) is 0.913. The van der Waals surface area contributed by atoms with E-state index in [1.165, 1.54) is 36.4 Å². The van der Waals surface area contributed by atoms with E-state index in [1.54, 1.807) is 12.1 Å². The van der Waals surface area contributed by atoms with Gasteiger partial charge >= 0.3 is 0 Å². The largest absolute Gasteiger partial charge is 0.372 e. The molecule has 0 N–H and O–H groups in total. The van der Waals surface area contributed by atoms with Gasteiger partial charge in [-0.3, -0.25) is 0 Å². The number of sulfone groups is 2. The van der Waals surface area contributed by atoms with E-state index in [0.29, 0.717) is 18.1 Å². The fourth-order valence-electron chi connectivity index (χ4n) is 3.66. The van der Waals surface area contributed by atoms with Crippen molar-refractivity contribution in [2.75, 3.05) is 18.0 Å². The van der Waals surface area contributed by atoms with Crippen molar-refractivity contribution in [3.63, 3.8) is 0 Å². The molecule has 2 atom stereocenters. The van der Waals surface area contributed by atoms with Gasteiger partial charge in [0.15, 0.2) is 5.03 Å². The van der Waals surface area contributed by atoms with Gasteiger partial charge in [-0.15, -0.1) is 0 Å². The van der Waals surface area contributed by atoms with E-state index in [4.69, 9.17) is 16.3 Å². The number of ether oxygens (including phenoxy) is 1. The molecular formula is C22H23ClN2O5S3. The van der Waals surface area contributed by atoms with Gasteiger partial charge in [0.1, 0.15) is 5.00 Å². The molecule has 1 aliphatic rings. The average molecular weight is 527 g/mol. The SMILES string of the molecule is Cc1ccc(S(=O)(=O)c2nc(S(=O)(=O)c3ccc(Cl)cc3)c(N3C[C@@H](C)O[C@@H](C)C3)s2)cc1. The number of anilines is 1. The van der Waals surface area contributed by atoms with Crippen LogP contribution in [0.1, 0.15) is 19.4 Å². The summed E-state index contributed by atoms with van der Waals surface area (Å²) in [6, 6.07) is 12.1. The van der Waals surface area contributed by atoms with Crippen LogP contribution in [0.2, 0.25) is 5.02 Å². The molecule has 11 heteroatoms. The summed E-state index contributed by atoms with van der Waals surface area (Å²) in [4.78, 5) is 6.10. The quantitative estimate of drug-likeness (QED) is 0.487. The van der Waals surface area contributed by atoms with Crippen LogP contribution in [0.4, 0.5) is 5.00 Å². The summed E-state index contributed by atoms with van der Waals surface area (Å²) in [5, 5.41) is 0.408. The van der Waals surface area contributed by atoms with Crippen LogP contribution in [0.3, 0.4) is 0 Å². The van der Waals surface area contributed by atoms with Gasteiger partial charge in [0, 0.05) is 18.1 Å². The number of rotatable bonds is 5. The molecular weight excluding hydrogens is 504 g/mol. The zero-order valence-corrected chi connectivity index (χ0v) is 21.4. The summed E-state index contributed by atoms with van der Waals surface area (Å²) >= 11 is 6.79. The summed E-state index contributed by atoms with van der Waals surface area (Å²) in [6.07, 6.45) is -0.307. The molecule has 4 rings (SSSR count). The normalized spacial score (nSPS) is 19.6. The Bertz CT molecular complexity index is 1360. The summed E-state index contributed by atoms with van der Waals surface area (Å²) in [7, 11) is -8.11. The number of aromatic nitrogens is 1. The molecule has 0 unspecified atom stereocenters. The molecule has 1 aromatic heterocycles. The lowest BCUT2D eigenvalue weighted by atomic mass is 10.2. The Kier molecular flexibility index (Phi) is 6.58. The van der Waals surface area contributed by atoms with Crippen molar-refractivity contribution in [3.8, 4) is 0 Å². The molecule has 0 saturated carbocycles. The second-order valence-electron chi connectivity index (χ2n) is 8.03. The lowest BCUT2D eigenvalue weighted by molar-refractivity contribution is -0.00517. The molecule has 1 saturated heterocycles. The molecule has 2 aromatic carbocycles. The highest BCUT2D eigenvalue weighted by Gasteiger charge is 2.35. The van der Waals surface area contributed by atoms with Crippen molar-refractivity contribution in [1.29, 1.82) is 0 Å². The van der Waals surface area contributed by atoms with E-state index in [-0.39, 0.29) is 36.4 Å². The lowest BCUT2D eigenvalue weighted by Gasteiger charge is -2.36. The van der Waals surface area contributed by atoms with Gasteiger partial charge in [-0.2, -0.15) is 0 Å². The topological polar surface area (TPSA) is 93.6 Å². The molecule has 2 heterocycles. The minimum absolute atomic E-state index is 0.00732. The Morgan fingerprint density at radius 3 is 2.00 bits per heavy atom. The van der Waals surface area contributed by atoms with Gasteiger partial charge in [0.25, 0.3) is 0 Å². The lowest BCUT2D eigenvalue weighted by Crippen LogP contribution is -2.45. The number of aryl methyl sites for hydroxylation is 1. The van der Waals surface area contributed by atoms with Crippen LogP contribution < -0.4 is 4.90 Å². The number of benzene rings is 2. The van der Waals surface area contributed by atoms with Crippen LogP contribution in [0.25, 0.3) is 0 Å². The summed E-state index contributed by atoms with van der Waals surface area (Å²) in [6.45, 7) is 6.47. The Morgan fingerprint density at radius 2 is 1.42 bits per heavy atom. The van der Waals surface area contributed by atoms with Crippen molar-refractivity contribution >= 4 is 47.6 Å². The third kappa shape index (κ3) is 4.81. The molecule has 176 valence electrons. The number of hydrogen-bond donors (Lipinski definition) is 0. The molecule has 0 aliphatic carbocycles. The Morgan fingerprint density at radius 1 is 0.909 bits per heavy atom. The highest BCUT2D eigenvalue weighted by Crippen LogP contribution is 2.40. The van der Waals surface area contributed by atoms with Crippen LogP contribution in [-0.2, 0) is 24.4 Å². The predicted molar refractivity (Wildman–Crippen MR) is 128 cm³/mol. The van der Waals surface area contributed by atoms with Gasteiger partial charge < -0.3 is 9.64 Å². The molecule has 33 heavy (non-hydrogen) atoms. The molecule has 3 aromatic rings. The van der Waals surface area contributed by atoms with Crippen molar-refractivity contribution in [3.05, 3.63) is 59.1 Å². The highest BCUT2D eigenvalue weighted by atomic mass is 35.5. The number of hydrogen-bond acceptors (Lipinski definition) is 8. The number of thiazole rings is 1. The molecule has 1 fully saturated rings.